The van der Waals surface area contributed by atoms with Crippen molar-refractivity contribution in [2.45, 2.75) is 6.42 Å². The van der Waals surface area contributed by atoms with Crippen LogP contribution in [-0.2, 0) is 14.3 Å². The summed E-state index contributed by atoms with van der Waals surface area (Å²) in [7, 11) is 0. The molecule has 178 valence electrons. The predicted molar refractivity (Wildman–Crippen MR) is 128 cm³/mol. The van der Waals surface area contributed by atoms with Crippen molar-refractivity contribution >= 4 is 51.4 Å². The number of amides is 2. The molecule has 3 aliphatic rings. The molecule has 0 atom stereocenters. The highest BCUT2D eigenvalue weighted by Crippen LogP contribution is 2.31. The first-order valence-corrected chi connectivity index (χ1v) is 11.4. The van der Waals surface area contributed by atoms with E-state index in [0.717, 1.165) is 11.8 Å². The number of nitro groups is 1. The molecule has 3 aliphatic heterocycles. The van der Waals surface area contributed by atoms with Crippen molar-refractivity contribution in [2.24, 2.45) is 10.1 Å². The smallest absolute Gasteiger partial charge is 0.283 e. The second-order valence-corrected chi connectivity index (χ2v) is 8.73. The van der Waals surface area contributed by atoms with Gasteiger partial charge in [0, 0.05) is 30.8 Å². The molecular weight excluding hydrogens is 476 g/mol. The Morgan fingerprint density at radius 1 is 1.26 bits per heavy atom. The Morgan fingerprint density at radius 3 is 2.83 bits per heavy atom. The van der Waals surface area contributed by atoms with Crippen LogP contribution < -0.4 is 0 Å². The number of non-ortho nitro benzene ring substituents is 1. The third-order valence-corrected chi connectivity index (χ3v) is 6.33. The molecule has 0 radical (unpaired) electrons. The van der Waals surface area contributed by atoms with E-state index in [4.69, 9.17) is 14.6 Å². The van der Waals surface area contributed by atoms with Crippen molar-refractivity contribution in [3.05, 3.63) is 57.8 Å². The van der Waals surface area contributed by atoms with Crippen molar-refractivity contribution in [3.63, 3.8) is 0 Å². The van der Waals surface area contributed by atoms with Crippen LogP contribution in [0.25, 0.3) is 17.4 Å². The number of carbonyl (C=O) groups excluding carboxylic acids is 2. The van der Waals surface area contributed by atoms with Gasteiger partial charge in [-0.05, 0) is 30.0 Å². The topological polar surface area (TPSA) is 155 Å². The number of hydrogen-bond acceptors (Lipinski definition) is 9. The number of ether oxygens (including phenoxy) is 1. The summed E-state index contributed by atoms with van der Waals surface area (Å²) in [6.07, 6.45) is 1.42. The Bertz CT molecular complexity index is 1340. The van der Waals surface area contributed by atoms with E-state index in [0.29, 0.717) is 42.7 Å². The predicted octanol–water partition coefficient (Wildman–Crippen LogP) is 2.72. The minimum Gasteiger partial charge on any atom is -0.457 e. The molecule has 1 aromatic carbocycles. The van der Waals surface area contributed by atoms with Gasteiger partial charge in [0.2, 0.25) is 11.1 Å². The third-order valence-electron chi connectivity index (χ3n) is 5.42. The molecule has 1 saturated heterocycles. The lowest BCUT2D eigenvalue weighted by Crippen LogP contribution is -2.41. The minimum atomic E-state index is -0.627. The van der Waals surface area contributed by atoms with E-state index < -0.39 is 10.8 Å². The molecule has 2 amide bonds. The van der Waals surface area contributed by atoms with Gasteiger partial charge in [-0.25, -0.2) is 0 Å². The first kappa shape index (κ1) is 22.7. The molecule has 0 saturated carbocycles. The number of hydrazone groups is 1. The molecule has 13 heteroatoms. The Balaban J connectivity index is 1.33. The maximum absolute atomic E-state index is 12.6. The third kappa shape index (κ3) is 4.63. The number of furan rings is 1. The summed E-state index contributed by atoms with van der Waals surface area (Å²) in [5, 5.41) is 25.7. The number of fused-ring (bicyclic) bond motifs is 1. The molecule has 4 heterocycles. The summed E-state index contributed by atoms with van der Waals surface area (Å²) in [5.41, 5.74) is 0.403. The number of nitro benzene ring substituents is 1. The van der Waals surface area contributed by atoms with E-state index >= 15 is 0 Å². The van der Waals surface area contributed by atoms with Crippen LogP contribution in [0.1, 0.15) is 12.2 Å². The van der Waals surface area contributed by atoms with Gasteiger partial charge in [-0.1, -0.05) is 12.1 Å². The number of benzene rings is 1. The monoisotopic (exact) mass is 494 g/mol. The number of rotatable bonds is 5. The zero-order valence-electron chi connectivity index (χ0n) is 18.2. The normalized spacial score (nSPS) is 19.0. The summed E-state index contributed by atoms with van der Waals surface area (Å²) in [6, 6.07) is 9.20. The van der Waals surface area contributed by atoms with Gasteiger partial charge in [0.05, 0.1) is 30.1 Å². The number of nitrogens with one attached hydrogen (secondary N) is 1. The number of thioether (sulfide) groups is 1. The van der Waals surface area contributed by atoms with Crippen molar-refractivity contribution in [2.75, 3.05) is 26.3 Å². The minimum absolute atomic E-state index is 0.0289. The van der Waals surface area contributed by atoms with Gasteiger partial charge in [0.1, 0.15) is 16.6 Å². The maximum atomic E-state index is 12.6. The van der Waals surface area contributed by atoms with Gasteiger partial charge < -0.3 is 14.1 Å². The highest BCUT2D eigenvalue weighted by Gasteiger charge is 2.36. The van der Waals surface area contributed by atoms with Crippen LogP contribution in [0.2, 0.25) is 0 Å². The molecule has 1 fully saturated rings. The Hall–Kier alpha value is -4.10. The van der Waals surface area contributed by atoms with Crippen molar-refractivity contribution < 1.29 is 23.7 Å². The second kappa shape index (κ2) is 9.27. The highest BCUT2D eigenvalue weighted by atomic mass is 32.2. The Labute approximate surface area is 202 Å². The lowest BCUT2D eigenvalue weighted by molar-refractivity contribution is -0.384. The average Bonchev–Trinajstić information content (AvgIpc) is 3.49. The highest BCUT2D eigenvalue weighted by molar-refractivity contribution is 8.27. The number of carbonyl (C=O) groups is 2. The molecule has 1 aromatic heterocycles. The molecule has 0 bridgehead atoms. The standard InChI is InChI=1S/C22H18N6O6S/c23-20-16(11-15-4-5-17(34-15)13-2-1-3-14(10-13)28(31)32)21(30)24-22-27(20)25-18(35-22)12-19(29)26-6-8-33-9-7-26/h1-5,10-11,23H,6-9,12H2/b16-11-,23-20?. The fourth-order valence-corrected chi connectivity index (χ4v) is 4.53. The summed E-state index contributed by atoms with van der Waals surface area (Å²) in [5.74, 6) is -0.263. The van der Waals surface area contributed by atoms with Gasteiger partial charge in [0.15, 0.2) is 5.84 Å². The van der Waals surface area contributed by atoms with Crippen molar-refractivity contribution in [3.8, 4) is 11.3 Å². The SMILES string of the molecule is N=C1/C(=C/c2ccc(-c3cccc([N+](=O)[O-])c3)o2)C(=O)N=C2SC(CC(=O)N3CCOCC3)=NN12. The van der Waals surface area contributed by atoms with Gasteiger partial charge in [0.25, 0.3) is 11.6 Å². The van der Waals surface area contributed by atoms with Crippen molar-refractivity contribution in [1.82, 2.24) is 9.91 Å². The number of nitrogens with zero attached hydrogens (tertiary/aromatic N) is 5. The quantitative estimate of drug-likeness (QED) is 0.378. The summed E-state index contributed by atoms with van der Waals surface area (Å²) in [6.45, 7) is 2.02. The van der Waals surface area contributed by atoms with E-state index in [1.165, 1.54) is 23.2 Å². The Kier molecular flexibility index (Phi) is 6.01. The average molecular weight is 494 g/mol. The molecular formula is C22H18N6O6S. The van der Waals surface area contributed by atoms with Gasteiger partial charge in [-0.15, -0.1) is 0 Å². The van der Waals surface area contributed by atoms with Crippen LogP contribution in [0, 0.1) is 15.5 Å². The van der Waals surface area contributed by atoms with E-state index in [1.54, 1.807) is 29.2 Å². The molecule has 1 N–H and O–H groups in total. The van der Waals surface area contributed by atoms with Gasteiger partial charge in [-0.2, -0.15) is 15.1 Å². The molecule has 2 aromatic rings. The summed E-state index contributed by atoms with van der Waals surface area (Å²) in [4.78, 5) is 41.4. The van der Waals surface area contributed by atoms with Crippen LogP contribution >= 0.6 is 11.8 Å². The first-order valence-electron chi connectivity index (χ1n) is 10.6. The molecule has 0 spiro atoms. The second-order valence-electron chi connectivity index (χ2n) is 7.69. The number of amidine groups is 2. The zero-order chi connectivity index (χ0) is 24.5. The van der Waals surface area contributed by atoms with Crippen molar-refractivity contribution in [1.29, 1.82) is 5.41 Å². The number of hydrogen-bond donors (Lipinski definition) is 1. The van der Waals surface area contributed by atoms with E-state index in [2.05, 4.69) is 10.1 Å². The fraction of sp³-hybridized carbons (Fsp3) is 0.227. The van der Waals surface area contributed by atoms with Crippen LogP contribution in [0.5, 0.6) is 0 Å². The first-order chi connectivity index (χ1) is 16.9. The van der Waals surface area contributed by atoms with Gasteiger partial charge >= 0.3 is 0 Å². The summed E-state index contributed by atoms with van der Waals surface area (Å²) < 4.78 is 11.0. The summed E-state index contributed by atoms with van der Waals surface area (Å²) >= 11 is 1.09. The molecule has 5 rings (SSSR count). The molecule has 0 unspecified atom stereocenters. The molecule has 12 nitrogen and oxygen atoms in total. The fourth-order valence-electron chi connectivity index (χ4n) is 3.66. The van der Waals surface area contributed by atoms with E-state index in [1.807, 2.05) is 0 Å². The van der Waals surface area contributed by atoms with Crippen LogP contribution in [-0.4, -0.2) is 69.0 Å². The van der Waals surface area contributed by atoms with Gasteiger partial charge in [-0.3, -0.25) is 25.1 Å². The lowest BCUT2D eigenvalue weighted by atomic mass is 10.1. The molecule has 35 heavy (non-hydrogen) atoms. The Morgan fingerprint density at radius 2 is 2.06 bits per heavy atom. The molecule has 0 aliphatic carbocycles. The lowest BCUT2D eigenvalue weighted by Gasteiger charge is -2.26. The van der Waals surface area contributed by atoms with E-state index in [9.17, 15) is 19.7 Å². The maximum Gasteiger partial charge on any atom is 0.283 e. The zero-order valence-corrected chi connectivity index (χ0v) is 19.0. The van der Waals surface area contributed by atoms with Crippen LogP contribution in [0.4, 0.5) is 5.69 Å². The number of morpholine rings is 1. The van der Waals surface area contributed by atoms with Crippen LogP contribution in [0.15, 0.2) is 56.5 Å². The largest absolute Gasteiger partial charge is 0.457 e. The van der Waals surface area contributed by atoms with E-state index in [-0.39, 0.29) is 40.4 Å². The number of aliphatic imine (C=N–C) groups is 1. The van der Waals surface area contributed by atoms with Crippen LogP contribution in [0.3, 0.4) is 0 Å².